The lowest BCUT2D eigenvalue weighted by Crippen LogP contribution is -2.44. The Hall–Kier alpha value is -1.48. The zero-order chi connectivity index (χ0) is 24.4. The molecule has 0 bridgehead atoms. The summed E-state index contributed by atoms with van der Waals surface area (Å²) in [5.41, 5.74) is 1.65. The van der Waals surface area contributed by atoms with E-state index in [9.17, 15) is 4.79 Å². The van der Waals surface area contributed by atoms with Gasteiger partial charge in [-0.25, -0.2) is 0 Å². The zero-order valence-corrected chi connectivity index (χ0v) is 24.0. The first-order valence-corrected chi connectivity index (χ1v) is 16.9. The molecule has 0 spiro atoms. The second-order valence-corrected chi connectivity index (χ2v) is 20.7. The summed E-state index contributed by atoms with van der Waals surface area (Å²) in [6, 6.07) is 1.92. The standard InChI is InChI=1S/C24H44O5Si2/c1-14-27-20(25)16-18-15-19(28-30(10,11)23(3,4)5)22(26-9)17(2)21(18)29-31(12,13)24(6,7)8/h15H,14,16H2,1-13H3. The second-order valence-electron chi connectivity index (χ2n) is 11.2. The third-order valence-electron chi connectivity index (χ3n) is 6.68. The van der Waals surface area contributed by atoms with Crippen LogP contribution in [-0.4, -0.2) is 36.3 Å². The third-order valence-corrected chi connectivity index (χ3v) is 15.4. The number of carbonyl (C=O) groups excluding carboxylic acids is 1. The fourth-order valence-electron chi connectivity index (χ4n) is 2.62. The van der Waals surface area contributed by atoms with Crippen LogP contribution in [-0.2, 0) is 16.0 Å². The summed E-state index contributed by atoms with van der Waals surface area (Å²) in [4.78, 5) is 12.4. The van der Waals surface area contributed by atoms with Crippen LogP contribution in [0.25, 0.3) is 0 Å². The average molecular weight is 469 g/mol. The Morgan fingerprint density at radius 2 is 1.39 bits per heavy atom. The molecule has 0 heterocycles. The van der Waals surface area contributed by atoms with Crippen molar-refractivity contribution in [3.05, 3.63) is 17.2 Å². The topological polar surface area (TPSA) is 54.0 Å². The van der Waals surface area contributed by atoms with Crippen LogP contribution in [0.3, 0.4) is 0 Å². The van der Waals surface area contributed by atoms with E-state index in [2.05, 4.69) is 67.7 Å². The van der Waals surface area contributed by atoms with Crippen LogP contribution in [0.4, 0.5) is 0 Å². The Morgan fingerprint density at radius 1 is 0.903 bits per heavy atom. The fraction of sp³-hybridized carbons (Fsp3) is 0.708. The molecular formula is C24H44O5Si2. The van der Waals surface area contributed by atoms with Gasteiger partial charge in [0.2, 0.25) is 0 Å². The molecule has 1 aromatic carbocycles. The van der Waals surface area contributed by atoms with Crippen molar-refractivity contribution in [3.63, 3.8) is 0 Å². The molecule has 0 unspecified atom stereocenters. The molecule has 0 N–H and O–H groups in total. The van der Waals surface area contributed by atoms with E-state index >= 15 is 0 Å². The van der Waals surface area contributed by atoms with Gasteiger partial charge in [0.1, 0.15) is 11.5 Å². The molecule has 1 aromatic rings. The van der Waals surface area contributed by atoms with Crippen molar-refractivity contribution in [1.82, 2.24) is 0 Å². The first kappa shape index (κ1) is 27.6. The molecule has 0 amide bonds. The molecule has 7 heteroatoms. The summed E-state index contributed by atoms with van der Waals surface area (Å²) < 4.78 is 24.4. The number of esters is 1. The van der Waals surface area contributed by atoms with E-state index in [4.69, 9.17) is 18.3 Å². The van der Waals surface area contributed by atoms with Crippen LogP contribution in [0.15, 0.2) is 6.07 Å². The predicted octanol–water partition coefficient (Wildman–Crippen LogP) is 6.88. The maximum absolute atomic E-state index is 12.4. The first-order chi connectivity index (χ1) is 13.9. The van der Waals surface area contributed by atoms with E-state index < -0.39 is 16.6 Å². The van der Waals surface area contributed by atoms with Gasteiger partial charge in [-0.15, -0.1) is 0 Å². The van der Waals surface area contributed by atoms with Crippen molar-refractivity contribution in [3.8, 4) is 17.2 Å². The molecule has 0 aliphatic rings. The molecule has 0 aromatic heterocycles. The Morgan fingerprint density at radius 3 is 1.81 bits per heavy atom. The largest absolute Gasteiger partial charge is 0.543 e. The first-order valence-electron chi connectivity index (χ1n) is 11.1. The van der Waals surface area contributed by atoms with Crippen LogP contribution in [0.2, 0.25) is 36.3 Å². The van der Waals surface area contributed by atoms with Gasteiger partial charge >= 0.3 is 5.97 Å². The number of hydrogen-bond donors (Lipinski definition) is 0. The van der Waals surface area contributed by atoms with Crippen LogP contribution in [0.1, 0.15) is 59.6 Å². The van der Waals surface area contributed by atoms with Gasteiger partial charge in [0.05, 0.1) is 20.1 Å². The number of ether oxygens (including phenoxy) is 2. The van der Waals surface area contributed by atoms with Crippen molar-refractivity contribution < 1.29 is 23.1 Å². The van der Waals surface area contributed by atoms with E-state index in [1.165, 1.54) is 0 Å². The number of carbonyl (C=O) groups is 1. The van der Waals surface area contributed by atoms with Gasteiger partial charge in [-0.05, 0) is 56.2 Å². The zero-order valence-electron chi connectivity index (χ0n) is 22.0. The van der Waals surface area contributed by atoms with Crippen LogP contribution in [0.5, 0.6) is 17.2 Å². The summed E-state index contributed by atoms with van der Waals surface area (Å²) in [5, 5.41) is 0.0493. The van der Waals surface area contributed by atoms with Gasteiger partial charge in [-0.1, -0.05) is 41.5 Å². The van der Waals surface area contributed by atoms with Gasteiger partial charge in [0, 0.05) is 11.1 Å². The summed E-state index contributed by atoms with van der Waals surface area (Å²) in [5.74, 6) is 1.80. The van der Waals surface area contributed by atoms with E-state index in [0.29, 0.717) is 18.1 Å². The molecule has 0 radical (unpaired) electrons. The summed E-state index contributed by atoms with van der Waals surface area (Å²) in [6.45, 7) is 26.2. The maximum Gasteiger partial charge on any atom is 0.310 e. The second kappa shape index (κ2) is 9.57. The normalized spacial score (nSPS) is 13.1. The molecule has 0 aliphatic carbocycles. The number of rotatable bonds is 8. The van der Waals surface area contributed by atoms with E-state index in [1.807, 2.05) is 19.9 Å². The smallest absolute Gasteiger partial charge is 0.310 e. The molecule has 5 nitrogen and oxygen atoms in total. The lowest BCUT2D eigenvalue weighted by Gasteiger charge is -2.39. The van der Waals surface area contributed by atoms with Crippen molar-refractivity contribution in [2.45, 2.75) is 98.1 Å². The Labute approximate surface area is 192 Å². The van der Waals surface area contributed by atoms with Gasteiger partial charge in [0.25, 0.3) is 16.6 Å². The van der Waals surface area contributed by atoms with E-state index in [-0.39, 0.29) is 22.5 Å². The quantitative estimate of drug-likeness (QED) is 0.307. The molecule has 0 saturated carbocycles. The number of methoxy groups -OCH3 is 1. The number of benzene rings is 1. The highest BCUT2D eigenvalue weighted by molar-refractivity contribution is 6.75. The molecule has 0 fully saturated rings. The van der Waals surface area contributed by atoms with Crippen molar-refractivity contribution in [2.75, 3.05) is 13.7 Å². The van der Waals surface area contributed by atoms with E-state index in [0.717, 1.165) is 16.9 Å². The minimum Gasteiger partial charge on any atom is -0.543 e. The van der Waals surface area contributed by atoms with Gasteiger partial charge < -0.3 is 18.3 Å². The van der Waals surface area contributed by atoms with Crippen LogP contribution >= 0.6 is 0 Å². The highest BCUT2D eigenvalue weighted by Crippen LogP contribution is 2.47. The molecule has 0 saturated heterocycles. The predicted molar refractivity (Wildman–Crippen MR) is 134 cm³/mol. The minimum absolute atomic E-state index is 0.0180. The third kappa shape index (κ3) is 6.51. The van der Waals surface area contributed by atoms with Crippen molar-refractivity contribution >= 4 is 22.6 Å². The molecular weight excluding hydrogens is 424 g/mol. The van der Waals surface area contributed by atoms with Crippen LogP contribution in [0, 0.1) is 6.92 Å². The lowest BCUT2D eigenvalue weighted by atomic mass is 10.0. The molecule has 0 aliphatic heterocycles. The van der Waals surface area contributed by atoms with Crippen molar-refractivity contribution in [1.29, 1.82) is 0 Å². The summed E-state index contributed by atoms with van der Waals surface area (Å²) >= 11 is 0. The van der Waals surface area contributed by atoms with Crippen molar-refractivity contribution in [2.24, 2.45) is 0 Å². The highest BCUT2D eigenvalue weighted by atomic mass is 28.4. The van der Waals surface area contributed by atoms with E-state index in [1.54, 1.807) is 7.11 Å². The highest BCUT2D eigenvalue weighted by Gasteiger charge is 2.42. The van der Waals surface area contributed by atoms with Gasteiger partial charge in [-0.3, -0.25) is 4.79 Å². The number of hydrogen-bond acceptors (Lipinski definition) is 5. The fourth-order valence-corrected chi connectivity index (χ4v) is 4.73. The Balaban J connectivity index is 3.67. The van der Waals surface area contributed by atoms with Crippen LogP contribution < -0.4 is 13.6 Å². The molecule has 31 heavy (non-hydrogen) atoms. The maximum atomic E-state index is 12.4. The van der Waals surface area contributed by atoms with Gasteiger partial charge in [0.15, 0.2) is 5.75 Å². The molecule has 0 atom stereocenters. The summed E-state index contributed by atoms with van der Waals surface area (Å²) in [7, 11) is -2.61. The molecule has 1 rings (SSSR count). The Kier molecular flexibility index (Phi) is 8.51. The van der Waals surface area contributed by atoms with Gasteiger partial charge in [-0.2, -0.15) is 0 Å². The lowest BCUT2D eigenvalue weighted by molar-refractivity contribution is -0.142. The average Bonchev–Trinajstić information content (AvgIpc) is 2.56. The SMILES string of the molecule is CCOC(=O)Cc1cc(O[Si](C)(C)C(C)(C)C)c(OC)c(C)c1O[Si](C)(C)C(C)(C)C. The Bertz CT molecular complexity index is 787. The monoisotopic (exact) mass is 468 g/mol. The summed E-state index contributed by atoms with van der Waals surface area (Å²) in [6.07, 6.45) is 0.135. The minimum atomic E-state index is -2.15. The molecule has 178 valence electrons.